The van der Waals surface area contributed by atoms with Crippen molar-refractivity contribution in [3.8, 4) is 11.5 Å². The SMILES string of the molecule is CCCC(=O)Oc1ccc(CCNC(C)C)cc1OC(=O)CCC. The van der Waals surface area contributed by atoms with Gasteiger partial charge in [0.15, 0.2) is 11.5 Å². The van der Waals surface area contributed by atoms with Crippen molar-refractivity contribution < 1.29 is 19.1 Å². The van der Waals surface area contributed by atoms with Crippen molar-refractivity contribution in [2.24, 2.45) is 0 Å². The highest BCUT2D eigenvalue weighted by atomic mass is 16.6. The first-order chi connectivity index (χ1) is 11.5. The number of carbonyl (C=O) groups excluding carboxylic acids is 2. The molecule has 5 nitrogen and oxygen atoms in total. The van der Waals surface area contributed by atoms with Crippen molar-refractivity contribution >= 4 is 11.9 Å². The monoisotopic (exact) mass is 335 g/mol. The number of carbonyl (C=O) groups is 2. The maximum atomic E-state index is 11.8. The van der Waals surface area contributed by atoms with Crippen LogP contribution in [-0.2, 0) is 16.0 Å². The van der Waals surface area contributed by atoms with E-state index in [0.717, 1.165) is 18.5 Å². The second-order valence-electron chi connectivity index (χ2n) is 6.09. The van der Waals surface area contributed by atoms with E-state index in [1.165, 1.54) is 0 Å². The predicted molar refractivity (Wildman–Crippen MR) is 94.4 cm³/mol. The normalized spacial score (nSPS) is 10.7. The molecule has 0 radical (unpaired) electrons. The van der Waals surface area contributed by atoms with Crippen molar-refractivity contribution in [3.05, 3.63) is 23.8 Å². The van der Waals surface area contributed by atoms with Gasteiger partial charge < -0.3 is 14.8 Å². The summed E-state index contributed by atoms with van der Waals surface area (Å²) in [4.78, 5) is 23.6. The number of rotatable bonds is 10. The zero-order valence-electron chi connectivity index (χ0n) is 15.2. The molecular formula is C19H29NO4. The lowest BCUT2D eigenvalue weighted by molar-refractivity contribution is -0.137. The van der Waals surface area contributed by atoms with Crippen LogP contribution in [0.25, 0.3) is 0 Å². The Morgan fingerprint density at radius 1 is 1.00 bits per heavy atom. The maximum absolute atomic E-state index is 11.8. The Labute approximate surface area is 144 Å². The van der Waals surface area contributed by atoms with Crippen LogP contribution in [-0.4, -0.2) is 24.5 Å². The lowest BCUT2D eigenvalue weighted by Gasteiger charge is -2.13. The molecule has 0 aliphatic heterocycles. The van der Waals surface area contributed by atoms with E-state index in [4.69, 9.17) is 9.47 Å². The highest BCUT2D eigenvalue weighted by Gasteiger charge is 2.14. The molecule has 0 atom stereocenters. The molecule has 1 N–H and O–H groups in total. The minimum absolute atomic E-state index is 0.304. The maximum Gasteiger partial charge on any atom is 0.311 e. The van der Waals surface area contributed by atoms with Crippen molar-refractivity contribution in [3.63, 3.8) is 0 Å². The molecule has 0 saturated heterocycles. The molecule has 0 bridgehead atoms. The number of benzene rings is 1. The molecule has 1 aromatic rings. The molecule has 0 fully saturated rings. The van der Waals surface area contributed by atoms with Crippen LogP contribution in [0.15, 0.2) is 18.2 Å². The van der Waals surface area contributed by atoms with Gasteiger partial charge in [-0.3, -0.25) is 9.59 Å². The van der Waals surface area contributed by atoms with Gasteiger partial charge in [-0.2, -0.15) is 0 Å². The quantitative estimate of drug-likeness (QED) is 0.522. The van der Waals surface area contributed by atoms with Gasteiger partial charge in [-0.25, -0.2) is 0 Å². The van der Waals surface area contributed by atoms with E-state index in [1.807, 2.05) is 19.9 Å². The van der Waals surface area contributed by atoms with Crippen LogP contribution >= 0.6 is 0 Å². The Morgan fingerprint density at radius 2 is 1.58 bits per heavy atom. The first-order valence-corrected chi connectivity index (χ1v) is 8.73. The third-order valence-electron chi connectivity index (χ3n) is 3.33. The van der Waals surface area contributed by atoms with Crippen molar-refractivity contribution in [2.45, 2.75) is 65.8 Å². The number of esters is 2. The van der Waals surface area contributed by atoms with Crippen LogP contribution in [0.1, 0.15) is 58.9 Å². The molecule has 0 unspecified atom stereocenters. The highest BCUT2D eigenvalue weighted by Crippen LogP contribution is 2.29. The average molecular weight is 335 g/mol. The van der Waals surface area contributed by atoms with Crippen molar-refractivity contribution in [2.75, 3.05) is 6.54 Å². The lowest BCUT2D eigenvalue weighted by atomic mass is 10.1. The first kappa shape index (κ1) is 20.2. The average Bonchev–Trinajstić information content (AvgIpc) is 2.50. The largest absolute Gasteiger partial charge is 0.423 e. The topological polar surface area (TPSA) is 64.6 Å². The zero-order valence-corrected chi connectivity index (χ0v) is 15.2. The molecule has 134 valence electrons. The summed E-state index contributed by atoms with van der Waals surface area (Å²) in [6.45, 7) is 8.84. The van der Waals surface area contributed by atoms with Gasteiger partial charge in [0.2, 0.25) is 0 Å². The second-order valence-corrected chi connectivity index (χ2v) is 6.09. The van der Waals surface area contributed by atoms with E-state index in [2.05, 4.69) is 19.2 Å². The molecule has 0 aromatic heterocycles. The Hall–Kier alpha value is -1.88. The molecule has 1 aromatic carbocycles. The highest BCUT2D eigenvalue weighted by molar-refractivity contribution is 5.76. The number of nitrogens with one attached hydrogen (secondary N) is 1. The zero-order chi connectivity index (χ0) is 17.9. The van der Waals surface area contributed by atoms with Crippen LogP contribution in [0.3, 0.4) is 0 Å². The van der Waals surface area contributed by atoms with Gasteiger partial charge in [-0.05, 0) is 43.5 Å². The summed E-state index contributed by atoms with van der Waals surface area (Å²) < 4.78 is 10.7. The van der Waals surface area contributed by atoms with E-state index in [9.17, 15) is 9.59 Å². The number of ether oxygens (including phenoxy) is 2. The van der Waals surface area contributed by atoms with E-state index in [1.54, 1.807) is 12.1 Å². The molecule has 1 rings (SSSR count). The number of hydrogen-bond acceptors (Lipinski definition) is 5. The first-order valence-electron chi connectivity index (χ1n) is 8.73. The van der Waals surface area contributed by atoms with Gasteiger partial charge in [0.25, 0.3) is 0 Å². The molecule has 0 heterocycles. The Kier molecular flexibility index (Phi) is 9.08. The minimum Gasteiger partial charge on any atom is -0.423 e. The lowest BCUT2D eigenvalue weighted by Crippen LogP contribution is -2.24. The van der Waals surface area contributed by atoms with Crippen LogP contribution in [0.4, 0.5) is 0 Å². The molecule has 0 saturated carbocycles. The molecule has 0 aliphatic carbocycles. The molecule has 24 heavy (non-hydrogen) atoms. The molecule has 5 heteroatoms. The van der Waals surface area contributed by atoms with E-state index < -0.39 is 0 Å². The minimum atomic E-state index is -0.320. The van der Waals surface area contributed by atoms with Gasteiger partial charge in [-0.1, -0.05) is 33.8 Å². The summed E-state index contributed by atoms with van der Waals surface area (Å²) >= 11 is 0. The van der Waals surface area contributed by atoms with Gasteiger partial charge in [0, 0.05) is 18.9 Å². The van der Waals surface area contributed by atoms with E-state index >= 15 is 0 Å². The fourth-order valence-corrected chi connectivity index (χ4v) is 2.13. The summed E-state index contributed by atoms with van der Waals surface area (Å²) in [7, 11) is 0. The van der Waals surface area contributed by atoms with Gasteiger partial charge in [-0.15, -0.1) is 0 Å². The fourth-order valence-electron chi connectivity index (χ4n) is 2.13. The fraction of sp³-hybridized carbons (Fsp3) is 0.579. The molecule has 0 aliphatic rings. The second kappa shape index (κ2) is 10.8. The van der Waals surface area contributed by atoms with Crippen LogP contribution in [0.5, 0.6) is 11.5 Å². The van der Waals surface area contributed by atoms with E-state index in [-0.39, 0.29) is 11.9 Å². The Morgan fingerprint density at radius 3 is 2.12 bits per heavy atom. The summed E-state index contributed by atoms with van der Waals surface area (Å²) in [6, 6.07) is 5.80. The van der Waals surface area contributed by atoms with E-state index in [0.29, 0.717) is 43.2 Å². The van der Waals surface area contributed by atoms with Crippen LogP contribution in [0, 0.1) is 0 Å². The van der Waals surface area contributed by atoms with Gasteiger partial charge >= 0.3 is 11.9 Å². The Balaban J connectivity index is 2.87. The standard InChI is InChI=1S/C19H29NO4/c1-5-7-18(21)23-16-10-9-15(11-12-20-14(3)4)13-17(16)24-19(22)8-6-2/h9-10,13-14,20H,5-8,11-12H2,1-4H3. The van der Waals surface area contributed by atoms with Gasteiger partial charge in [0.1, 0.15) is 0 Å². The third kappa shape index (κ3) is 7.59. The van der Waals surface area contributed by atoms with Gasteiger partial charge in [0.05, 0.1) is 0 Å². The van der Waals surface area contributed by atoms with Crippen molar-refractivity contribution in [1.29, 1.82) is 0 Å². The predicted octanol–water partition coefficient (Wildman–Crippen LogP) is 3.64. The van der Waals surface area contributed by atoms with Crippen LogP contribution in [0.2, 0.25) is 0 Å². The third-order valence-corrected chi connectivity index (χ3v) is 3.33. The summed E-state index contributed by atoms with van der Waals surface area (Å²) in [5.74, 6) is -0.0133. The smallest absolute Gasteiger partial charge is 0.311 e. The Bertz CT molecular complexity index is 540. The summed E-state index contributed by atoms with van der Waals surface area (Å²) in [5, 5.41) is 3.34. The van der Waals surface area contributed by atoms with Crippen LogP contribution < -0.4 is 14.8 Å². The van der Waals surface area contributed by atoms with Crippen molar-refractivity contribution in [1.82, 2.24) is 5.32 Å². The summed E-state index contributed by atoms with van der Waals surface area (Å²) in [6.07, 6.45) is 2.90. The summed E-state index contributed by atoms with van der Waals surface area (Å²) in [5.41, 5.74) is 1.03. The molecule has 0 spiro atoms. The molecular weight excluding hydrogens is 306 g/mol. The number of hydrogen-bond donors (Lipinski definition) is 1. The molecule has 0 amide bonds.